The molecule has 0 aromatic heterocycles. The van der Waals surface area contributed by atoms with Gasteiger partial charge in [0.05, 0.1) is 5.41 Å². The monoisotopic (exact) mass is 195 g/mol. The lowest BCUT2D eigenvalue weighted by molar-refractivity contribution is -0.168. The Labute approximate surface area is 83.7 Å². The summed E-state index contributed by atoms with van der Waals surface area (Å²) >= 11 is 0. The summed E-state index contributed by atoms with van der Waals surface area (Å²) in [6, 6.07) is -0.0761. The highest BCUT2D eigenvalue weighted by molar-refractivity contribution is 5.76. The fraction of sp³-hybridized carbons (Fsp3) is 0.909. The topological polar surface area (TPSA) is 63.3 Å². The normalized spacial score (nSPS) is 54.9. The third kappa shape index (κ3) is 0.888. The van der Waals surface area contributed by atoms with Gasteiger partial charge in [-0.2, -0.15) is 0 Å². The van der Waals surface area contributed by atoms with Crippen molar-refractivity contribution < 1.29 is 9.90 Å². The number of aliphatic carboxylic acids is 1. The van der Waals surface area contributed by atoms with Crippen molar-refractivity contribution in [2.45, 2.75) is 38.1 Å². The van der Waals surface area contributed by atoms with E-state index in [0.717, 1.165) is 12.8 Å². The Hall–Kier alpha value is -0.570. The van der Waals surface area contributed by atoms with Crippen molar-refractivity contribution in [2.24, 2.45) is 28.9 Å². The van der Waals surface area contributed by atoms with Gasteiger partial charge in [-0.15, -0.1) is 0 Å². The minimum Gasteiger partial charge on any atom is -0.481 e. The maximum Gasteiger partial charge on any atom is 0.311 e. The van der Waals surface area contributed by atoms with Crippen molar-refractivity contribution >= 4 is 5.97 Å². The quantitative estimate of drug-likeness (QED) is 0.661. The summed E-state index contributed by atoms with van der Waals surface area (Å²) in [6.45, 7) is 0. The van der Waals surface area contributed by atoms with Crippen LogP contribution in [0.15, 0.2) is 0 Å². The summed E-state index contributed by atoms with van der Waals surface area (Å²) in [5, 5.41) is 9.37. The van der Waals surface area contributed by atoms with E-state index >= 15 is 0 Å². The van der Waals surface area contributed by atoms with Gasteiger partial charge < -0.3 is 10.8 Å². The molecule has 3 unspecified atom stereocenters. The first-order valence-electron chi connectivity index (χ1n) is 5.61. The van der Waals surface area contributed by atoms with Crippen LogP contribution in [0.1, 0.15) is 32.1 Å². The van der Waals surface area contributed by atoms with E-state index in [2.05, 4.69) is 0 Å². The molecule has 0 aromatic rings. The first kappa shape index (κ1) is 8.72. The van der Waals surface area contributed by atoms with Gasteiger partial charge in [0.1, 0.15) is 0 Å². The van der Waals surface area contributed by atoms with Crippen LogP contribution < -0.4 is 5.73 Å². The predicted molar refractivity (Wildman–Crippen MR) is 51.6 cm³/mol. The molecule has 3 N–H and O–H groups in total. The highest BCUT2D eigenvalue weighted by Crippen LogP contribution is 2.59. The number of carbonyl (C=O) groups is 1. The first-order valence-corrected chi connectivity index (χ1v) is 5.61. The van der Waals surface area contributed by atoms with Gasteiger partial charge in [-0.05, 0) is 49.9 Å². The highest BCUT2D eigenvalue weighted by Gasteiger charge is 2.59. The first-order chi connectivity index (χ1) is 6.62. The Balaban J connectivity index is 2.01. The van der Waals surface area contributed by atoms with Crippen LogP contribution in [0.5, 0.6) is 0 Å². The van der Waals surface area contributed by atoms with Gasteiger partial charge in [0.2, 0.25) is 0 Å². The van der Waals surface area contributed by atoms with Crippen molar-refractivity contribution in [3.05, 3.63) is 0 Å². The van der Waals surface area contributed by atoms with Gasteiger partial charge in [-0.1, -0.05) is 0 Å². The second-order valence-electron chi connectivity index (χ2n) is 5.59. The van der Waals surface area contributed by atoms with Crippen LogP contribution in [0.3, 0.4) is 0 Å². The van der Waals surface area contributed by atoms with Gasteiger partial charge in [0, 0.05) is 6.04 Å². The van der Waals surface area contributed by atoms with E-state index < -0.39 is 11.4 Å². The molecule has 0 saturated heterocycles. The molecule has 4 bridgehead atoms. The Morgan fingerprint density at radius 1 is 1.21 bits per heavy atom. The fourth-order valence-electron chi connectivity index (χ4n) is 4.40. The molecule has 14 heavy (non-hydrogen) atoms. The maximum absolute atomic E-state index is 11.4. The summed E-state index contributed by atoms with van der Waals surface area (Å²) in [5.41, 5.74) is 5.58. The molecule has 3 heteroatoms. The summed E-state index contributed by atoms with van der Waals surface area (Å²) in [5.74, 6) is 1.17. The fourth-order valence-corrected chi connectivity index (χ4v) is 4.40. The number of nitrogens with two attached hydrogens (primary N) is 1. The second kappa shape index (κ2) is 2.51. The maximum atomic E-state index is 11.4. The van der Waals surface area contributed by atoms with Crippen molar-refractivity contribution in [1.82, 2.24) is 0 Å². The lowest BCUT2D eigenvalue weighted by Gasteiger charge is -2.58. The molecule has 4 aliphatic carbocycles. The van der Waals surface area contributed by atoms with Crippen molar-refractivity contribution in [3.8, 4) is 0 Å². The zero-order chi connectivity index (χ0) is 9.92. The van der Waals surface area contributed by atoms with E-state index in [1.54, 1.807) is 0 Å². The largest absolute Gasteiger partial charge is 0.481 e. The molecular formula is C11H17NO2. The van der Waals surface area contributed by atoms with E-state index in [0.29, 0.717) is 17.8 Å². The summed E-state index contributed by atoms with van der Waals surface area (Å²) < 4.78 is 0. The van der Waals surface area contributed by atoms with E-state index in [4.69, 9.17) is 5.73 Å². The zero-order valence-electron chi connectivity index (χ0n) is 8.28. The molecule has 0 aromatic carbocycles. The van der Waals surface area contributed by atoms with Crippen LogP contribution in [0.2, 0.25) is 0 Å². The molecule has 4 rings (SSSR count). The average molecular weight is 195 g/mol. The van der Waals surface area contributed by atoms with E-state index in [9.17, 15) is 9.90 Å². The number of carboxylic acid groups (broad SMARTS) is 1. The molecule has 4 saturated carbocycles. The van der Waals surface area contributed by atoms with Crippen LogP contribution in [0, 0.1) is 23.2 Å². The summed E-state index contributed by atoms with van der Waals surface area (Å²) in [7, 11) is 0. The van der Waals surface area contributed by atoms with Gasteiger partial charge in [0.25, 0.3) is 0 Å². The van der Waals surface area contributed by atoms with Gasteiger partial charge in [-0.3, -0.25) is 4.79 Å². The molecule has 0 heterocycles. The van der Waals surface area contributed by atoms with Crippen LogP contribution in [-0.4, -0.2) is 17.1 Å². The second-order valence-corrected chi connectivity index (χ2v) is 5.59. The minimum absolute atomic E-state index is 0.0761. The van der Waals surface area contributed by atoms with Gasteiger partial charge in [-0.25, -0.2) is 0 Å². The molecule has 4 aliphatic rings. The van der Waals surface area contributed by atoms with Crippen LogP contribution in [0.25, 0.3) is 0 Å². The molecular weight excluding hydrogens is 178 g/mol. The lowest BCUT2D eigenvalue weighted by Crippen LogP contribution is -2.62. The summed E-state index contributed by atoms with van der Waals surface area (Å²) in [6.07, 6.45) is 5.32. The smallest absolute Gasteiger partial charge is 0.311 e. The van der Waals surface area contributed by atoms with Crippen LogP contribution >= 0.6 is 0 Å². The Morgan fingerprint density at radius 3 is 2.29 bits per heavy atom. The Bertz CT molecular complexity index is 275. The third-order valence-electron chi connectivity index (χ3n) is 4.82. The molecule has 0 amide bonds. The molecule has 3 nitrogen and oxygen atoms in total. The van der Waals surface area contributed by atoms with Gasteiger partial charge in [0.15, 0.2) is 0 Å². The van der Waals surface area contributed by atoms with Gasteiger partial charge >= 0.3 is 5.97 Å². The zero-order valence-corrected chi connectivity index (χ0v) is 8.28. The number of rotatable bonds is 1. The number of hydrogen-bond acceptors (Lipinski definition) is 2. The summed E-state index contributed by atoms with van der Waals surface area (Å²) in [4.78, 5) is 11.4. The van der Waals surface area contributed by atoms with Crippen molar-refractivity contribution in [1.29, 1.82) is 0 Å². The van der Waals surface area contributed by atoms with Crippen molar-refractivity contribution in [2.75, 3.05) is 0 Å². The van der Waals surface area contributed by atoms with Crippen LogP contribution in [0.4, 0.5) is 0 Å². The molecule has 0 radical (unpaired) electrons. The molecule has 0 spiro atoms. The van der Waals surface area contributed by atoms with E-state index in [1.807, 2.05) is 0 Å². The SMILES string of the molecule is NC1C2CC3CC(C2)CC1(C(=O)O)C3. The predicted octanol–water partition coefficient (Wildman–Crippen LogP) is 1.22. The number of hydrogen-bond donors (Lipinski definition) is 2. The molecule has 0 aliphatic heterocycles. The molecule has 3 atom stereocenters. The lowest BCUT2D eigenvalue weighted by atomic mass is 9.47. The molecule has 78 valence electrons. The van der Waals surface area contributed by atoms with E-state index in [1.165, 1.54) is 19.3 Å². The standard InChI is InChI=1S/C11H17NO2/c12-9-8-2-6-1-7(3-8)5-11(9,4-6)10(13)14/h6-9H,1-5,12H2,(H,13,14). The highest BCUT2D eigenvalue weighted by atomic mass is 16.4. The van der Waals surface area contributed by atoms with Crippen molar-refractivity contribution in [3.63, 3.8) is 0 Å². The Kier molecular flexibility index (Phi) is 1.56. The third-order valence-corrected chi connectivity index (χ3v) is 4.82. The number of carboxylic acids is 1. The average Bonchev–Trinajstić information content (AvgIpc) is 2.12. The molecule has 4 fully saturated rings. The van der Waals surface area contributed by atoms with E-state index in [-0.39, 0.29) is 6.04 Å². The van der Waals surface area contributed by atoms with Crippen LogP contribution in [-0.2, 0) is 4.79 Å². The minimum atomic E-state index is -0.635. The Morgan fingerprint density at radius 2 is 1.79 bits per heavy atom.